The molecule has 10 nitrogen and oxygen atoms in total. The molecule has 4 rings (SSSR count). The van der Waals surface area contributed by atoms with Gasteiger partial charge in [0.1, 0.15) is 11.3 Å². The van der Waals surface area contributed by atoms with Gasteiger partial charge in [0.25, 0.3) is 17.4 Å². The van der Waals surface area contributed by atoms with Crippen molar-refractivity contribution in [1.82, 2.24) is 19.2 Å². The fourth-order valence-electron chi connectivity index (χ4n) is 4.30. The van der Waals surface area contributed by atoms with Crippen LogP contribution in [0.5, 0.6) is 0 Å². The van der Waals surface area contributed by atoms with Gasteiger partial charge in [-0.1, -0.05) is 18.2 Å². The zero-order valence-corrected chi connectivity index (χ0v) is 19.3. The maximum Gasteiger partial charge on any atom is 0.295 e. The number of ketones is 1. The molecule has 176 valence electrons. The van der Waals surface area contributed by atoms with Crippen LogP contribution in [0.1, 0.15) is 28.6 Å². The smallest absolute Gasteiger partial charge is 0.295 e. The Balaban J connectivity index is 1.96. The van der Waals surface area contributed by atoms with E-state index >= 15 is 0 Å². The molecular formula is C24H25N5O5. The van der Waals surface area contributed by atoms with Gasteiger partial charge in [0, 0.05) is 31.4 Å². The summed E-state index contributed by atoms with van der Waals surface area (Å²) in [7, 11) is 3.67. The molecule has 1 N–H and O–H groups in total. The monoisotopic (exact) mass is 463 g/mol. The molecule has 0 unspecified atom stereocenters. The number of hydrogen-bond donors (Lipinski definition) is 1. The van der Waals surface area contributed by atoms with E-state index in [1.165, 1.54) is 23.1 Å². The Bertz CT molecular complexity index is 1360. The molecule has 0 spiro atoms. The number of rotatable bonds is 6. The number of aliphatic hydroxyl groups is 1. The summed E-state index contributed by atoms with van der Waals surface area (Å²) in [6.45, 7) is 4.26. The fraction of sp³-hybridized carbons (Fsp3) is 0.292. The van der Waals surface area contributed by atoms with E-state index in [4.69, 9.17) is 0 Å². The third kappa shape index (κ3) is 3.81. The zero-order chi connectivity index (χ0) is 24.7. The van der Waals surface area contributed by atoms with Crippen LogP contribution in [0.2, 0.25) is 0 Å². The van der Waals surface area contributed by atoms with Crippen molar-refractivity contribution in [3.8, 4) is 0 Å². The van der Waals surface area contributed by atoms with E-state index in [9.17, 15) is 24.8 Å². The molecule has 1 amide bonds. The van der Waals surface area contributed by atoms with Crippen LogP contribution in [0.4, 0.5) is 5.69 Å². The predicted molar refractivity (Wildman–Crippen MR) is 125 cm³/mol. The number of aromatic nitrogens is 2. The van der Waals surface area contributed by atoms with E-state index in [0.29, 0.717) is 29.1 Å². The summed E-state index contributed by atoms with van der Waals surface area (Å²) in [5.41, 5.74) is 2.38. The number of pyridine rings is 1. The van der Waals surface area contributed by atoms with E-state index in [2.05, 4.69) is 4.98 Å². The summed E-state index contributed by atoms with van der Waals surface area (Å²) in [5, 5.41) is 22.8. The number of nitro groups is 1. The molecule has 1 aromatic carbocycles. The summed E-state index contributed by atoms with van der Waals surface area (Å²) < 4.78 is 1.68. The Labute approximate surface area is 195 Å². The molecule has 3 aromatic rings. The number of carbonyl (C=O) groups is 2. The SMILES string of the molecule is Cc1nc2c(C)cccn2c1C(O)=C1C(=O)C(=O)N(CCN(C)C)[C@@H]1c1cccc([N+](=O)[O-])c1. The lowest BCUT2D eigenvalue weighted by atomic mass is 9.96. The van der Waals surface area contributed by atoms with Crippen molar-refractivity contribution in [3.63, 3.8) is 0 Å². The van der Waals surface area contributed by atoms with E-state index in [0.717, 1.165) is 5.56 Å². The molecule has 1 aliphatic rings. The topological polar surface area (TPSA) is 121 Å². The Morgan fingerprint density at radius 1 is 1.21 bits per heavy atom. The van der Waals surface area contributed by atoms with E-state index < -0.39 is 22.7 Å². The summed E-state index contributed by atoms with van der Waals surface area (Å²) in [4.78, 5) is 44.9. The predicted octanol–water partition coefficient (Wildman–Crippen LogP) is 2.84. The minimum Gasteiger partial charge on any atom is -0.505 e. The highest BCUT2D eigenvalue weighted by molar-refractivity contribution is 6.46. The Kier molecular flexibility index (Phi) is 5.92. The second-order valence-corrected chi connectivity index (χ2v) is 8.58. The van der Waals surface area contributed by atoms with Crippen LogP contribution in [-0.4, -0.2) is 68.1 Å². The zero-order valence-electron chi connectivity index (χ0n) is 19.3. The number of aliphatic hydroxyl groups excluding tert-OH is 1. The van der Waals surface area contributed by atoms with Crippen molar-refractivity contribution in [2.24, 2.45) is 0 Å². The van der Waals surface area contributed by atoms with Crippen LogP contribution in [0, 0.1) is 24.0 Å². The highest BCUT2D eigenvalue weighted by Gasteiger charge is 2.46. The number of non-ortho nitro benzene ring substituents is 1. The highest BCUT2D eigenvalue weighted by atomic mass is 16.6. The van der Waals surface area contributed by atoms with Gasteiger partial charge in [-0.2, -0.15) is 0 Å². The van der Waals surface area contributed by atoms with Crippen molar-refractivity contribution in [1.29, 1.82) is 0 Å². The second-order valence-electron chi connectivity index (χ2n) is 8.58. The number of Topliss-reactive ketones (excluding diaryl/α,β-unsaturated/α-hetero) is 1. The summed E-state index contributed by atoms with van der Waals surface area (Å²) in [6.07, 6.45) is 1.72. The molecule has 0 radical (unpaired) electrons. The van der Waals surface area contributed by atoms with Crippen LogP contribution in [0.25, 0.3) is 11.4 Å². The van der Waals surface area contributed by atoms with Gasteiger partial charge in [-0.25, -0.2) is 4.98 Å². The molecular weight excluding hydrogens is 438 g/mol. The maximum absolute atomic E-state index is 13.2. The van der Waals surface area contributed by atoms with Gasteiger partial charge >= 0.3 is 0 Å². The van der Waals surface area contributed by atoms with Crippen molar-refractivity contribution < 1.29 is 19.6 Å². The lowest BCUT2D eigenvalue weighted by Gasteiger charge is -2.26. The summed E-state index contributed by atoms with van der Waals surface area (Å²) in [5.74, 6) is -1.96. The van der Waals surface area contributed by atoms with Crippen LogP contribution in [0.3, 0.4) is 0 Å². The molecule has 34 heavy (non-hydrogen) atoms. The standard InChI is InChI=1S/C24H25N5O5/c1-14-7-6-10-27-19(15(2)25-23(14)27)21(30)18-20(16-8-5-9-17(13-16)29(33)34)28(12-11-26(3)4)24(32)22(18)31/h5-10,13,20,30H,11-12H2,1-4H3/t20-/m1/s1. The van der Waals surface area contributed by atoms with E-state index in [-0.39, 0.29) is 23.6 Å². The molecule has 3 heterocycles. The molecule has 1 aliphatic heterocycles. The average Bonchev–Trinajstić information content (AvgIpc) is 3.26. The van der Waals surface area contributed by atoms with Crippen LogP contribution < -0.4 is 0 Å². The lowest BCUT2D eigenvalue weighted by molar-refractivity contribution is -0.384. The normalized spacial score (nSPS) is 17.8. The van der Waals surface area contributed by atoms with Crippen molar-refractivity contribution in [2.45, 2.75) is 19.9 Å². The van der Waals surface area contributed by atoms with Gasteiger partial charge < -0.3 is 14.9 Å². The third-order valence-corrected chi connectivity index (χ3v) is 5.97. The number of fused-ring (bicyclic) bond motifs is 1. The van der Waals surface area contributed by atoms with Crippen molar-refractivity contribution >= 4 is 28.8 Å². The number of likely N-dealkylation sites (tertiary alicyclic amines) is 1. The van der Waals surface area contributed by atoms with Crippen LogP contribution >= 0.6 is 0 Å². The molecule has 2 aromatic heterocycles. The third-order valence-electron chi connectivity index (χ3n) is 5.97. The number of nitro benzene ring substituents is 1. The summed E-state index contributed by atoms with van der Waals surface area (Å²) >= 11 is 0. The number of benzene rings is 1. The number of carbonyl (C=O) groups excluding carboxylic acids is 2. The maximum atomic E-state index is 13.2. The number of aryl methyl sites for hydroxylation is 2. The average molecular weight is 463 g/mol. The van der Waals surface area contributed by atoms with Crippen molar-refractivity contribution in [2.75, 3.05) is 27.2 Å². The Morgan fingerprint density at radius 2 is 1.94 bits per heavy atom. The minimum atomic E-state index is -0.977. The number of nitrogens with zero attached hydrogens (tertiary/aromatic N) is 5. The molecule has 0 saturated carbocycles. The first-order chi connectivity index (χ1) is 16.1. The minimum absolute atomic E-state index is 0.115. The van der Waals surface area contributed by atoms with Gasteiger partial charge in [-0.15, -0.1) is 0 Å². The fourth-order valence-corrected chi connectivity index (χ4v) is 4.30. The van der Waals surface area contributed by atoms with Crippen LogP contribution in [-0.2, 0) is 9.59 Å². The van der Waals surface area contributed by atoms with Gasteiger partial charge in [-0.05, 0) is 45.1 Å². The van der Waals surface area contributed by atoms with Crippen LogP contribution in [0.15, 0.2) is 48.2 Å². The molecule has 1 atom stereocenters. The Morgan fingerprint density at radius 3 is 2.62 bits per heavy atom. The molecule has 1 fully saturated rings. The van der Waals surface area contributed by atoms with Crippen molar-refractivity contribution in [3.05, 3.63) is 80.8 Å². The number of imidazole rings is 1. The van der Waals surface area contributed by atoms with Gasteiger partial charge in [0.05, 0.1) is 22.2 Å². The number of likely N-dealkylation sites (N-methyl/N-ethyl adjacent to an activating group) is 1. The largest absolute Gasteiger partial charge is 0.505 e. The highest BCUT2D eigenvalue weighted by Crippen LogP contribution is 2.40. The van der Waals surface area contributed by atoms with Gasteiger partial charge in [0.2, 0.25) is 0 Å². The molecule has 0 bridgehead atoms. The first kappa shape index (κ1) is 23.1. The Hall–Kier alpha value is -4.05. The first-order valence-corrected chi connectivity index (χ1v) is 10.7. The second kappa shape index (κ2) is 8.71. The number of hydrogen-bond acceptors (Lipinski definition) is 7. The molecule has 1 saturated heterocycles. The first-order valence-electron chi connectivity index (χ1n) is 10.7. The quantitative estimate of drug-likeness (QED) is 0.196. The molecule has 0 aliphatic carbocycles. The molecule has 10 heteroatoms. The van der Waals surface area contributed by atoms with Gasteiger partial charge in [0.15, 0.2) is 5.76 Å². The number of amides is 1. The summed E-state index contributed by atoms with van der Waals surface area (Å²) in [6, 6.07) is 8.50. The van der Waals surface area contributed by atoms with E-state index in [1.807, 2.05) is 32.0 Å². The lowest BCUT2D eigenvalue weighted by Crippen LogP contribution is -2.35. The van der Waals surface area contributed by atoms with Gasteiger partial charge in [-0.3, -0.25) is 24.1 Å². The van der Waals surface area contributed by atoms with E-state index in [1.54, 1.807) is 29.7 Å².